The molecule has 0 bridgehead atoms. The molecule has 0 saturated heterocycles. The molecule has 0 saturated carbocycles. The Morgan fingerprint density at radius 3 is 2.81 bits per heavy atom. The Morgan fingerprint density at radius 2 is 2.14 bits per heavy atom. The zero-order valence-electron chi connectivity index (χ0n) is 12.3. The van der Waals surface area contributed by atoms with Gasteiger partial charge in [0, 0.05) is 17.1 Å². The monoisotopic (exact) mass is 310 g/mol. The van der Waals surface area contributed by atoms with Crippen LogP contribution in [0.2, 0.25) is 5.02 Å². The van der Waals surface area contributed by atoms with Gasteiger partial charge in [-0.3, -0.25) is 0 Å². The fraction of sp³-hybridized carbons (Fsp3) is 0.467. The lowest BCUT2D eigenvalue weighted by molar-refractivity contribution is 0.489. The van der Waals surface area contributed by atoms with Gasteiger partial charge in [0.05, 0.1) is 17.9 Å². The maximum atomic E-state index is 14.3. The Hall–Kier alpha value is -1.46. The standard InChI is InChI=1S/C15H20ClFN4/c1-3-7-18-15(12-6-5-11(16)9-13(12)17)14-10-19-20-21(14)8-4-2/h5-6,9-10,15,18H,3-4,7-8H2,1-2H3. The van der Waals surface area contributed by atoms with Crippen molar-refractivity contribution in [3.05, 3.63) is 46.5 Å². The summed E-state index contributed by atoms with van der Waals surface area (Å²) in [5, 5.41) is 11.8. The van der Waals surface area contributed by atoms with Crippen LogP contribution in [0.3, 0.4) is 0 Å². The summed E-state index contributed by atoms with van der Waals surface area (Å²) in [5.41, 5.74) is 1.43. The van der Waals surface area contributed by atoms with E-state index in [4.69, 9.17) is 11.6 Å². The molecule has 0 aliphatic carbocycles. The normalized spacial score (nSPS) is 12.6. The Bertz CT molecular complexity index is 585. The molecule has 2 rings (SSSR count). The Labute approximate surface area is 129 Å². The van der Waals surface area contributed by atoms with Gasteiger partial charge in [-0.15, -0.1) is 5.10 Å². The second kappa shape index (κ2) is 7.52. The van der Waals surface area contributed by atoms with Crippen molar-refractivity contribution in [1.82, 2.24) is 20.3 Å². The number of aromatic nitrogens is 3. The van der Waals surface area contributed by atoms with E-state index < -0.39 is 0 Å². The molecule has 0 amide bonds. The van der Waals surface area contributed by atoms with E-state index in [1.54, 1.807) is 18.3 Å². The Balaban J connectivity index is 2.39. The number of nitrogens with zero attached hydrogens (tertiary/aromatic N) is 3. The number of benzene rings is 1. The molecular weight excluding hydrogens is 291 g/mol. The van der Waals surface area contributed by atoms with Gasteiger partial charge in [0.25, 0.3) is 0 Å². The van der Waals surface area contributed by atoms with Crippen LogP contribution in [-0.4, -0.2) is 21.5 Å². The molecule has 1 N–H and O–H groups in total. The van der Waals surface area contributed by atoms with Gasteiger partial charge in [-0.1, -0.05) is 36.7 Å². The first-order valence-corrected chi connectivity index (χ1v) is 7.61. The maximum absolute atomic E-state index is 14.3. The summed E-state index contributed by atoms with van der Waals surface area (Å²) in [5.74, 6) is -0.319. The molecule has 114 valence electrons. The largest absolute Gasteiger partial charge is 0.305 e. The average molecular weight is 311 g/mol. The number of hydrogen-bond donors (Lipinski definition) is 1. The first kappa shape index (κ1) is 15.9. The van der Waals surface area contributed by atoms with Gasteiger partial charge >= 0.3 is 0 Å². The van der Waals surface area contributed by atoms with Crippen LogP contribution in [-0.2, 0) is 6.54 Å². The summed E-state index contributed by atoms with van der Waals surface area (Å²) in [4.78, 5) is 0. The van der Waals surface area contributed by atoms with Crippen molar-refractivity contribution in [3.63, 3.8) is 0 Å². The molecule has 1 atom stereocenters. The fourth-order valence-electron chi connectivity index (χ4n) is 2.27. The summed E-state index contributed by atoms with van der Waals surface area (Å²) in [6, 6.07) is 4.48. The van der Waals surface area contributed by atoms with Crippen LogP contribution in [0, 0.1) is 5.82 Å². The minimum Gasteiger partial charge on any atom is -0.305 e. The number of rotatable bonds is 7. The van der Waals surface area contributed by atoms with Gasteiger partial charge in [0.1, 0.15) is 5.82 Å². The molecule has 1 aromatic carbocycles. The van der Waals surface area contributed by atoms with Crippen LogP contribution in [0.4, 0.5) is 4.39 Å². The molecule has 0 aliphatic rings. The van der Waals surface area contributed by atoms with E-state index in [9.17, 15) is 4.39 Å². The van der Waals surface area contributed by atoms with Gasteiger partial charge in [0.15, 0.2) is 0 Å². The number of hydrogen-bond acceptors (Lipinski definition) is 3. The smallest absolute Gasteiger partial charge is 0.129 e. The minimum atomic E-state index is -0.319. The van der Waals surface area contributed by atoms with E-state index in [1.807, 2.05) is 4.68 Å². The summed E-state index contributed by atoms with van der Waals surface area (Å²) >= 11 is 5.84. The highest BCUT2D eigenvalue weighted by Gasteiger charge is 2.21. The topological polar surface area (TPSA) is 42.7 Å². The molecule has 6 heteroatoms. The molecule has 1 heterocycles. The van der Waals surface area contributed by atoms with Crippen LogP contribution in [0.1, 0.15) is 44.0 Å². The van der Waals surface area contributed by atoms with Crippen LogP contribution in [0.5, 0.6) is 0 Å². The van der Waals surface area contributed by atoms with E-state index in [-0.39, 0.29) is 11.9 Å². The Kier molecular flexibility index (Phi) is 5.70. The number of aryl methyl sites for hydroxylation is 1. The van der Waals surface area contributed by atoms with Crippen molar-refractivity contribution in [3.8, 4) is 0 Å². The first-order valence-electron chi connectivity index (χ1n) is 7.24. The lowest BCUT2D eigenvalue weighted by Crippen LogP contribution is -2.26. The highest BCUT2D eigenvalue weighted by molar-refractivity contribution is 6.30. The van der Waals surface area contributed by atoms with Crippen molar-refractivity contribution < 1.29 is 4.39 Å². The Morgan fingerprint density at radius 1 is 1.33 bits per heavy atom. The molecule has 21 heavy (non-hydrogen) atoms. The van der Waals surface area contributed by atoms with Crippen LogP contribution in [0.25, 0.3) is 0 Å². The predicted molar refractivity (Wildman–Crippen MR) is 81.9 cm³/mol. The molecule has 4 nitrogen and oxygen atoms in total. The molecule has 0 fully saturated rings. The van der Waals surface area contributed by atoms with Crippen molar-refractivity contribution >= 4 is 11.6 Å². The van der Waals surface area contributed by atoms with Gasteiger partial charge < -0.3 is 5.32 Å². The third kappa shape index (κ3) is 3.80. The van der Waals surface area contributed by atoms with E-state index in [2.05, 4.69) is 29.5 Å². The highest BCUT2D eigenvalue weighted by Crippen LogP contribution is 2.26. The van der Waals surface area contributed by atoms with Crippen LogP contribution < -0.4 is 5.32 Å². The van der Waals surface area contributed by atoms with E-state index >= 15 is 0 Å². The second-order valence-corrected chi connectivity index (χ2v) is 5.37. The molecule has 0 radical (unpaired) electrons. The first-order chi connectivity index (χ1) is 10.2. The van der Waals surface area contributed by atoms with Crippen LogP contribution >= 0.6 is 11.6 Å². The summed E-state index contributed by atoms with van der Waals surface area (Å²) in [6.07, 6.45) is 3.60. The summed E-state index contributed by atoms with van der Waals surface area (Å²) in [7, 11) is 0. The third-order valence-electron chi connectivity index (χ3n) is 3.25. The third-order valence-corrected chi connectivity index (χ3v) is 3.49. The fourth-order valence-corrected chi connectivity index (χ4v) is 2.43. The van der Waals surface area contributed by atoms with Gasteiger partial charge in [-0.2, -0.15) is 0 Å². The summed E-state index contributed by atoms with van der Waals surface area (Å²) < 4.78 is 16.1. The second-order valence-electron chi connectivity index (χ2n) is 4.93. The van der Waals surface area contributed by atoms with E-state index in [0.717, 1.165) is 31.6 Å². The quantitative estimate of drug-likeness (QED) is 0.850. The van der Waals surface area contributed by atoms with Gasteiger partial charge in [0.2, 0.25) is 0 Å². The number of nitrogens with one attached hydrogen (secondary N) is 1. The van der Waals surface area contributed by atoms with Gasteiger partial charge in [-0.05, 0) is 31.5 Å². The summed E-state index contributed by atoms with van der Waals surface area (Å²) in [6.45, 7) is 5.69. The van der Waals surface area contributed by atoms with E-state index in [0.29, 0.717) is 10.6 Å². The zero-order chi connectivity index (χ0) is 15.2. The molecule has 1 unspecified atom stereocenters. The average Bonchev–Trinajstić information content (AvgIpc) is 2.90. The van der Waals surface area contributed by atoms with E-state index in [1.165, 1.54) is 6.07 Å². The molecule has 2 aromatic rings. The van der Waals surface area contributed by atoms with Crippen molar-refractivity contribution in [2.45, 2.75) is 39.3 Å². The molecule has 0 spiro atoms. The van der Waals surface area contributed by atoms with Crippen molar-refractivity contribution in [2.24, 2.45) is 0 Å². The SMILES string of the molecule is CCCNC(c1ccc(Cl)cc1F)c1cnnn1CCC. The van der Waals surface area contributed by atoms with Crippen molar-refractivity contribution in [1.29, 1.82) is 0 Å². The number of halogens is 2. The van der Waals surface area contributed by atoms with Crippen molar-refractivity contribution in [2.75, 3.05) is 6.54 Å². The predicted octanol–water partition coefficient (Wildman–Crippen LogP) is 3.57. The minimum absolute atomic E-state index is 0.274. The zero-order valence-corrected chi connectivity index (χ0v) is 13.1. The van der Waals surface area contributed by atoms with Gasteiger partial charge in [-0.25, -0.2) is 9.07 Å². The maximum Gasteiger partial charge on any atom is 0.129 e. The highest BCUT2D eigenvalue weighted by atomic mass is 35.5. The molecular formula is C15H20ClFN4. The molecule has 1 aromatic heterocycles. The van der Waals surface area contributed by atoms with Crippen LogP contribution in [0.15, 0.2) is 24.4 Å². The molecule has 0 aliphatic heterocycles. The lowest BCUT2D eigenvalue weighted by Gasteiger charge is -2.20. The lowest BCUT2D eigenvalue weighted by atomic mass is 10.0.